The van der Waals surface area contributed by atoms with E-state index in [1.54, 1.807) is 24.3 Å². The molecule has 0 unspecified atom stereocenters. The van der Waals surface area contributed by atoms with E-state index in [0.29, 0.717) is 21.6 Å². The smallest absolute Gasteiger partial charge is 0.224 e. The summed E-state index contributed by atoms with van der Waals surface area (Å²) in [5.74, 6) is 0.0772. The maximum absolute atomic E-state index is 12.8. The number of nitrogen functional groups attached to an aromatic ring is 2. The van der Waals surface area contributed by atoms with Crippen molar-refractivity contribution < 1.29 is 0 Å². The molecule has 4 aromatic rings. The van der Waals surface area contributed by atoms with Crippen molar-refractivity contribution in [2.24, 2.45) is 0 Å². The molecule has 4 N–H and O–H groups in total. The van der Waals surface area contributed by atoms with Gasteiger partial charge in [0.15, 0.2) is 5.65 Å². The molecule has 0 amide bonds. The van der Waals surface area contributed by atoms with Gasteiger partial charge in [-0.3, -0.25) is 9.36 Å². The SMILES string of the molecule is Nc1nc(N)c2c(=O)c3ccccc3n(-c3ccc(Cl)cc3)c2n1. The Morgan fingerprint density at radius 3 is 2.42 bits per heavy atom. The lowest BCUT2D eigenvalue weighted by Gasteiger charge is -2.15. The molecule has 118 valence electrons. The number of nitrogens with zero attached hydrogens (tertiary/aromatic N) is 3. The predicted octanol–water partition coefficient (Wildman–Crippen LogP) is 2.75. The lowest BCUT2D eigenvalue weighted by atomic mass is 10.1. The Bertz CT molecular complexity index is 1150. The van der Waals surface area contributed by atoms with Gasteiger partial charge >= 0.3 is 0 Å². The molecular formula is C17H12ClN5O. The fourth-order valence-electron chi connectivity index (χ4n) is 2.82. The maximum Gasteiger partial charge on any atom is 0.224 e. The molecule has 2 heterocycles. The number of anilines is 2. The standard InChI is InChI=1S/C17H12ClN5O/c18-9-5-7-10(8-6-9)23-12-4-2-1-3-11(12)14(24)13-15(19)21-17(20)22-16(13)23/h1-8H,(H4,19,20,21,22). The van der Waals surface area contributed by atoms with Gasteiger partial charge in [-0.2, -0.15) is 9.97 Å². The topological polar surface area (TPSA) is 99.8 Å². The van der Waals surface area contributed by atoms with Crippen LogP contribution < -0.4 is 16.9 Å². The first-order chi connectivity index (χ1) is 11.6. The Balaban J connectivity index is 2.30. The first-order valence-electron chi connectivity index (χ1n) is 7.18. The van der Waals surface area contributed by atoms with E-state index in [9.17, 15) is 4.79 Å². The molecule has 6 nitrogen and oxygen atoms in total. The molecule has 0 saturated heterocycles. The quantitative estimate of drug-likeness (QED) is 0.520. The molecule has 2 aromatic heterocycles. The Labute approximate surface area is 141 Å². The summed E-state index contributed by atoms with van der Waals surface area (Å²) in [6.45, 7) is 0. The lowest BCUT2D eigenvalue weighted by molar-refractivity contribution is 1.10. The average molecular weight is 338 g/mol. The minimum Gasteiger partial charge on any atom is -0.383 e. The van der Waals surface area contributed by atoms with Crippen LogP contribution in [-0.4, -0.2) is 14.5 Å². The third-order valence-corrected chi connectivity index (χ3v) is 4.10. The van der Waals surface area contributed by atoms with Gasteiger partial charge in [0.1, 0.15) is 11.2 Å². The zero-order valence-electron chi connectivity index (χ0n) is 12.4. The average Bonchev–Trinajstić information content (AvgIpc) is 2.56. The van der Waals surface area contributed by atoms with Gasteiger partial charge in [0, 0.05) is 16.1 Å². The minimum absolute atomic E-state index is 0.0115. The Kier molecular flexibility index (Phi) is 3.14. The fraction of sp³-hybridized carbons (Fsp3) is 0. The van der Waals surface area contributed by atoms with Crippen LogP contribution in [0.25, 0.3) is 27.6 Å². The first-order valence-corrected chi connectivity index (χ1v) is 7.56. The zero-order valence-corrected chi connectivity index (χ0v) is 13.2. The molecule has 24 heavy (non-hydrogen) atoms. The van der Waals surface area contributed by atoms with E-state index >= 15 is 0 Å². The van der Waals surface area contributed by atoms with Crippen molar-refractivity contribution in [3.05, 3.63) is 63.8 Å². The number of aromatic nitrogens is 3. The number of hydrogen-bond acceptors (Lipinski definition) is 5. The molecule has 0 saturated carbocycles. The van der Waals surface area contributed by atoms with Crippen LogP contribution in [-0.2, 0) is 0 Å². The van der Waals surface area contributed by atoms with Crippen LogP contribution in [0, 0.1) is 0 Å². The molecule has 4 rings (SSSR count). The molecule has 0 aliphatic carbocycles. The summed E-state index contributed by atoms with van der Waals surface area (Å²) in [5, 5.41) is 1.39. The summed E-state index contributed by atoms with van der Waals surface area (Å²) in [4.78, 5) is 21.0. The number of pyridine rings is 1. The second-order valence-electron chi connectivity index (χ2n) is 5.32. The van der Waals surface area contributed by atoms with Crippen LogP contribution in [0.1, 0.15) is 0 Å². The molecule has 0 radical (unpaired) electrons. The number of rotatable bonds is 1. The Hall–Kier alpha value is -3.12. The maximum atomic E-state index is 12.8. The van der Waals surface area contributed by atoms with Gasteiger partial charge < -0.3 is 11.5 Å². The fourth-order valence-corrected chi connectivity index (χ4v) is 2.95. The zero-order chi connectivity index (χ0) is 16.8. The number of benzene rings is 2. The van der Waals surface area contributed by atoms with Crippen LogP contribution in [0.3, 0.4) is 0 Å². The van der Waals surface area contributed by atoms with E-state index in [-0.39, 0.29) is 22.6 Å². The van der Waals surface area contributed by atoms with Crippen LogP contribution in [0.15, 0.2) is 53.3 Å². The molecule has 0 spiro atoms. The summed E-state index contributed by atoms with van der Waals surface area (Å²) >= 11 is 5.99. The third-order valence-electron chi connectivity index (χ3n) is 3.85. The van der Waals surface area contributed by atoms with Gasteiger partial charge in [-0.25, -0.2) is 0 Å². The van der Waals surface area contributed by atoms with Gasteiger partial charge in [0.25, 0.3) is 0 Å². The molecule has 2 aromatic carbocycles. The van der Waals surface area contributed by atoms with Gasteiger partial charge in [-0.05, 0) is 36.4 Å². The molecular weight excluding hydrogens is 326 g/mol. The number of hydrogen-bond donors (Lipinski definition) is 2. The first kappa shape index (κ1) is 14.5. The minimum atomic E-state index is -0.219. The summed E-state index contributed by atoms with van der Waals surface area (Å²) in [6, 6.07) is 14.5. The summed E-state index contributed by atoms with van der Waals surface area (Å²) in [5.41, 5.74) is 13.3. The van der Waals surface area contributed by atoms with Crippen LogP contribution in [0.4, 0.5) is 11.8 Å². The van der Waals surface area contributed by atoms with Crippen molar-refractivity contribution in [1.82, 2.24) is 14.5 Å². The van der Waals surface area contributed by atoms with Crippen molar-refractivity contribution in [1.29, 1.82) is 0 Å². The highest BCUT2D eigenvalue weighted by molar-refractivity contribution is 6.30. The van der Waals surface area contributed by atoms with Crippen molar-refractivity contribution in [2.45, 2.75) is 0 Å². The van der Waals surface area contributed by atoms with Crippen LogP contribution >= 0.6 is 11.6 Å². The van der Waals surface area contributed by atoms with Gasteiger partial charge in [-0.15, -0.1) is 0 Å². The summed E-state index contributed by atoms with van der Waals surface area (Å²) in [7, 11) is 0. The summed E-state index contributed by atoms with van der Waals surface area (Å²) < 4.78 is 1.83. The number of fused-ring (bicyclic) bond motifs is 2. The van der Waals surface area contributed by atoms with E-state index in [2.05, 4.69) is 9.97 Å². The van der Waals surface area contributed by atoms with Crippen LogP contribution in [0.2, 0.25) is 5.02 Å². The van der Waals surface area contributed by atoms with E-state index in [0.717, 1.165) is 5.69 Å². The second-order valence-corrected chi connectivity index (χ2v) is 5.76. The Morgan fingerprint density at radius 1 is 0.958 bits per heavy atom. The largest absolute Gasteiger partial charge is 0.383 e. The van der Waals surface area contributed by atoms with Crippen molar-refractivity contribution in [2.75, 3.05) is 11.5 Å². The Morgan fingerprint density at radius 2 is 1.67 bits per heavy atom. The molecule has 0 bridgehead atoms. The predicted molar refractivity (Wildman–Crippen MR) is 96.5 cm³/mol. The molecule has 0 fully saturated rings. The highest BCUT2D eigenvalue weighted by Gasteiger charge is 2.16. The molecule has 0 atom stereocenters. The molecule has 0 aliphatic heterocycles. The van der Waals surface area contributed by atoms with E-state index in [4.69, 9.17) is 23.1 Å². The van der Waals surface area contributed by atoms with Crippen molar-refractivity contribution in [3.8, 4) is 5.69 Å². The molecule has 7 heteroatoms. The van der Waals surface area contributed by atoms with Crippen molar-refractivity contribution >= 4 is 45.3 Å². The highest BCUT2D eigenvalue weighted by atomic mass is 35.5. The van der Waals surface area contributed by atoms with Gasteiger partial charge in [0.05, 0.1) is 5.52 Å². The normalized spacial score (nSPS) is 11.2. The number of nitrogens with two attached hydrogens (primary N) is 2. The van der Waals surface area contributed by atoms with E-state index in [1.807, 2.05) is 28.8 Å². The van der Waals surface area contributed by atoms with Gasteiger partial charge in [-0.1, -0.05) is 23.7 Å². The number of halogens is 1. The second kappa shape index (κ2) is 5.21. The van der Waals surface area contributed by atoms with Crippen molar-refractivity contribution in [3.63, 3.8) is 0 Å². The summed E-state index contributed by atoms with van der Waals surface area (Å²) in [6.07, 6.45) is 0. The van der Waals surface area contributed by atoms with Crippen LogP contribution in [0.5, 0.6) is 0 Å². The monoisotopic (exact) mass is 337 g/mol. The van der Waals surface area contributed by atoms with E-state index < -0.39 is 0 Å². The van der Waals surface area contributed by atoms with Gasteiger partial charge in [0.2, 0.25) is 11.4 Å². The third kappa shape index (κ3) is 2.08. The van der Waals surface area contributed by atoms with E-state index in [1.165, 1.54) is 0 Å². The molecule has 0 aliphatic rings. The lowest BCUT2D eigenvalue weighted by Crippen LogP contribution is -2.15. The highest BCUT2D eigenvalue weighted by Crippen LogP contribution is 2.26. The number of para-hydroxylation sites is 1.